The van der Waals surface area contributed by atoms with E-state index < -0.39 is 0 Å². The molecule has 20 heavy (non-hydrogen) atoms. The lowest BCUT2D eigenvalue weighted by atomic mass is 10.2. The monoisotopic (exact) mass is 266 g/mol. The van der Waals surface area contributed by atoms with Gasteiger partial charge in [-0.25, -0.2) is 4.79 Å². The van der Waals surface area contributed by atoms with E-state index in [-0.39, 0.29) is 6.03 Å². The molecule has 1 aliphatic heterocycles. The summed E-state index contributed by atoms with van der Waals surface area (Å²) in [5.41, 5.74) is 3.46. The van der Waals surface area contributed by atoms with Crippen molar-refractivity contribution in [2.45, 2.75) is 13.0 Å². The zero-order valence-electron chi connectivity index (χ0n) is 11.6. The van der Waals surface area contributed by atoms with E-state index in [1.165, 1.54) is 5.56 Å². The van der Waals surface area contributed by atoms with Gasteiger partial charge in [-0.1, -0.05) is 48.5 Å². The summed E-state index contributed by atoms with van der Waals surface area (Å²) in [6.45, 7) is 1.41. The second-order valence-corrected chi connectivity index (χ2v) is 5.15. The summed E-state index contributed by atoms with van der Waals surface area (Å²) in [5, 5.41) is 0. The molecule has 2 amide bonds. The molecule has 3 rings (SSSR count). The van der Waals surface area contributed by atoms with E-state index in [1.54, 1.807) is 4.90 Å². The minimum atomic E-state index is 0.0683. The quantitative estimate of drug-likeness (QED) is 0.818. The average Bonchev–Trinajstić information content (AvgIpc) is 2.91. The third-order valence-electron chi connectivity index (χ3n) is 3.71. The maximum atomic E-state index is 12.6. The number of carbonyl (C=O) groups excluding carboxylic acids is 1. The molecule has 3 heteroatoms. The van der Waals surface area contributed by atoms with Crippen molar-refractivity contribution in [1.29, 1.82) is 0 Å². The zero-order chi connectivity index (χ0) is 13.9. The molecule has 0 saturated carbocycles. The minimum Gasteiger partial charge on any atom is -0.323 e. The van der Waals surface area contributed by atoms with Crippen LogP contribution in [0, 0.1) is 0 Å². The number of anilines is 1. The van der Waals surface area contributed by atoms with Crippen LogP contribution < -0.4 is 4.90 Å². The smallest absolute Gasteiger partial charge is 0.323 e. The van der Waals surface area contributed by atoms with Gasteiger partial charge < -0.3 is 4.90 Å². The molecule has 2 aromatic rings. The lowest BCUT2D eigenvalue weighted by molar-refractivity contribution is 0.214. The molecule has 0 radical (unpaired) electrons. The first kappa shape index (κ1) is 12.7. The van der Waals surface area contributed by atoms with Crippen LogP contribution in [0.3, 0.4) is 0 Å². The predicted molar refractivity (Wildman–Crippen MR) is 80.8 cm³/mol. The van der Waals surface area contributed by atoms with Crippen LogP contribution in [0.15, 0.2) is 54.6 Å². The number of hydrogen-bond acceptors (Lipinski definition) is 1. The van der Waals surface area contributed by atoms with E-state index in [2.05, 4.69) is 6.07 Å². The van der Waals surface area contributed by atoms with Crippen molar-refractivity contribution in [3.8, 4) is 0 Å². The Balaban J connectivity index is 1.74. The molecule has 0 N–H and O–H groups in total. The highest BCUT2D eigenvalue weighted by atomic mass is 16.2. The summed E-state index contributed by atoms with van der Waals surface area (Å²) < 4.78 is 0. The molecule has 0 fully saturated rings. The number of fused-ring (bicyclic) bond motifs is 1. The van der Waals surface area contributed by atoms with Gasteiger partial charge in [0.25, 0.3) is 0 Å². The molecule has 2 aromatic carbocycles. The Bertz CT molecular complexity index is 609. The van der Waals surface area contributed by atoms with Crippen molar-refractivity contribution in [2.24, 2.45) is 0 Å². The van der Waals surface area contributed by atoms with Gasteiger partial charge in [0.2, 0.25) is 0 Å². The molecular formula is C17H18N2O. The molecule has 3 nitrogen and oxygen atoms in total. The van der Waals surface area contributed by atoms with Gasteiger partial charge in [-0.3, -0.25) is 4.90 Å². The SMILES string of the molecule is CN(Cc1ccccc1)C(=O)N1CCc2ccccc21. The van der Waals surface area contributed by atoms with Gasteiger partial charge in [-0.05, 0) is 23.6 Å². The van der Waals surface area contributed by atoms with Crippen molar-refractivity contribution in [1.82, 2.24) is 4.90 Å². The number of rotatable bonds is 2. The van der Waals surface area contributed by atoms with E-state index in [0.29, 0.717) is 6.54 Å². The molecule has 102 valence electrons. The number of benzene rings is 2. The minimum absolute atomic E-state index is 0.0683. The van der Waals surface area contributed by atoms with Crippen LogP contribution in [0.25, 0.3) is 0 Å². The number of para-hydroxylation sites is 1. The normalized spacial score (nSPS) is 13.2. The molecule has 0 aromatic heterocycles. The predicted octanol–water partition coefficient (Wildman–Crippen LogP) is 3.30. The lowest BCUT2D eigenvalue weighted by Gasteiger charge is -2.25. The molecule has 0 bridgehead atoms. The highest BCUT2D eigenvalue weighted by Gasteiger charge is 2.26. The zero-order valence-corrected chi connectivity index (χ0v) is 11.6. The second-order valence-electron chi connectivity index (χ2n) is 5.15. The van der Waals surface area contributed by atoms with Gasteiger partial charge in [-0.2, -0.15) is 0 Å². The number of amides is 2. The maximum absolute atomic E-state index is 12.6. The summed E-state index contributed by atoms with van der Waals surface area (Å²) in [4.78, 5) is 16.2. The summed E-state index contributed by atoms with van der Waals surface area (Å²) >= 11 is 0. The number of urea groups is 1. The molecule has 1 aliphatic rings. The second kappa shape index (κ2) is 5.37. The third kappa shape index (κ3) is 2.39. The average molecular weight is 266 g/mol. The molecular weight excluding hydrogens is 248 g/mol. The van der Waals surface area contributed by atoms with Crippen molar-refractivity contribution in [2.75, 3.05) is 18.5 Å². The Morgan fingerprint density at radius 3 is 2.60 bits per heavy atom. The number of nitrogens with zero attached hydrogens (tertiary/aromatic N) is 2. The highest BCUT2D eigenvalue weighted by molar-refractivity contribution is 5.94. The van der Waals surface area contributed by atoms with Crippen LogP contribution in [-0.2, 0) is 13.0 Å². The van der Waals surface area contributed by atoms with Crippen molar-refractivity contribution in [3.63, 3.8) is 0 Å². The summed E-state index contributed by atoms with van der Waals surface area (Å²) in [6, 6.07) is 18.3. The van der Waals surface area contributed by atoms with Crippen LogP contribution in [0.5, 0.6) is 0 Å². The van der Waals surface area contributed by atoms with Gasteiger partial charge in [0.05, 0.1) is 0 Å². The van der Waals surface area contributed by atoms with Crippen LogP contribution in [-0.4, -0.2) is 24.5 Å². The Kier molecular flexibility index (Phi) is 3.42. The van der Waals surface area contributed by atoms with Crippen LogP contribution >= 0.6 is 0 Å². The Morgan fingerprint density at radius 1 is 1.10 bits per heavy atom. The van der Waals surface area contributed by atoms with E-state index in [9.17, 15) is 4.79 Å². The van der Waals surface area contributed by atoms with E-state index >= 15 is 0 Å². The number of hydrogen-bond donors (Lipinski definition) is 0. The van der Waals surface area contributed by atoms with Gasteiger partial charge in [0.1, 0.15) is 0 Å². The molecule has 0 saturated heterocycles. The molecule has 0 unspecified atom stereocenters. The van der Waals surface area contributed by atoms with Gasteiger partial charge in [0.15, 0.2) is 0 Å². The van der Waals surface area contributed by atoms with Gasteiger partial charge >= 0.3 is 6.03 Å². The van der Waals surface area contributed by atoms with Gasteiger partial charge in [0, 0.05) is 25.8 Å². The Hall–Kier alpha value is -2.29. The Labute approximate surface area is 119 Å². The van der Waals surface area contributed by atoms with Crippen LogP contribution in [0.4, 0.5) is 10.5 Å². The fourth-order valence-electron chi connectivity index (χ4n) is 2.67. The molecule has 1 heterocycles. The first-order valence-corrected chi connectivity index (χ1v) is 6.90. The van der Waals surface area contributed by atoms with Crippen molar-refractivity contribution < 1.29 is 4.79 Å². The summed E-state index contributed by atoms with van der Waals surface area (Å²) in [5.74, 6) is 0. The molecule has 0 spiro atoms. The molecule has 0 atom stereocenters. The van der Waals surface area contributed by atoms with E-state index in [1.807, 2.05) is 60.5 Å². The van der Waals surface area contributed by atoms with E-state index in [0.717, 1.165) is 24.2 Å². The van der Waals surface area contributed by atoms with Crippen LogP contribution in [0.2, 0.25) is 0 Å². The maximum Gasteiger partial charge on any atom is 0.324 e. The topological polar surface area (TPSA) is 23.6 Å². The van der Waals surface area contributed by atoms with Crippen molar-refractivity contribution >= 4 is 11.7 Å². The van der Waals surface area contributed by atoms with Crippen molar-refractivity contribution in [3.05, 3.63) is 65.7 Å². The van der Waals surface area contributed by atoms with Gasteiger partial charge in [-0.15, -0.1) is 0 Å². The fourth-order valence-corrected chi connectivity index (χ4v) is 2.67. The largest absolute Gasteiger partial charge is 0.324 e. The standard InChI is InChI=1S/C17H18N2O/c1-18(13-14-7-3-2-4-8-14)17(20)19-12-11-15-9-5-6-10-16(15)19/h2-10H,11-13H2,1H3. The molecule has 0 aliphatic carbocycles. The highest BCUT2D eigenvalue weighted by Crippen LogP contribution is 2.28. The fraction of sp³-hybridized carbons (Fsp3) is 0.235. The first-order chi connectivity index (χ1) is 9.75. The number of carbonyl (C=O) groups is 1. The van der Waals surface area contributed by atoms with Crippen LogP contribution in [0.1, 0.15) is 11.1 Å². The summed E-state index contributed by atoms with van der Waals surface area (Å²) in [7, 11) is 1.86. The summed E-state index contributed by atoms with van der Waals surface area (Å²) in [6.07, 6.45) is 0.946. The third-order valence-corrected chi connectivity index (χ3v) is 3.71. The first-order valence-electron chi connectivity index (χ1n) is 6.90. The Morgan fingerprint density at radius 2 is 1.80 bits per heavy atom. The lowest BCUT2D eigenvalue weighted by Crippen LogP contribution is -2.39. The van der Waals surface area contributed by atoms with E-state index in [4.69, 9.17) is 0 Å².